The molecule has 0 saturated carbocycles. The number of benzene rings is 2. The van der Waals surface area contributed by atoms with Crippen LogP contribution in [0.15, 0.2) is 65.4 Å². The summed E-state index contributed by atoms with van der Waals surface area (Å²) < 4.78 is 0. The first-order valence-corrected chi connectivity index (χ1v) is 10.8. The molecule has 0 radical (unpaired) electrons. The Bertz CT molecular complexity index is 1300. The van der Waals surface area contributed by atoms with E-state index in [2.05, 4.69) is 26.3 Å². The van der Waals surface area contributed by atoms with Gasteiger partial charge in [-0.15, -0.1) is 22.7 Å². The van der Waals surface area contributed by atoms with Crippen LogP contribution >= 0.6 is 22.7 Å². The summed E-state index contributed by atoms with van der Waals surface area (Å²) in [5.41, 5.74) is 4.98. The van der Waals surface area contributed by atoms with E-state index in [1.54, 1.807) is 16.7 Å². The summed E-state index contributed by atoms with van der Waals surface area (Å²) in [6.07, 6.45) is 0. The molecule has 0 spiro atoms. The normalized spacial score (nSPS) is 11.1. The number of hydrogen-bond acceptors (Lipinski definition) is 5. The van der Waals surface area contributed by atoms with Crippen LogP contribution in [0.25, 0.3) is 32.9 Å². The molecule has 1 amide bonds. The van der Waals surface area contributed by atoms with E-state index >= 15 is 0 Å². The SMILES string of the molecule is Cc1nc(-c2cccc(NC(=O)c3csc(-c4cc5ccccc5[nH]4)n3)c2)cs1. The lowest BCUT2D eigenvalue weighted by atomic mass is 10.1. The zero-order chi connectivity index (χ0) is 19.8. The minimum Gasteiger partial charge on any atom is -0.353 e. The number of aromatic nitrogens is 3. The molecule has 0 bridgehead atoms. The summed E-state index contributed by atoms with van der Waals surface area (Å²) in [5, 5.41) is 9.66. The van der Waals surface area contributed by atoms with E-state index < -0.39 is 0 Å². The summed E-state index contributed by atoms with van der Waals surface area (Å²) in [7, 11) is 0. The lowest BCUT2D eigenvalue weighted by molar-refractivity contribution is 0.102. The zero-order valence-electron chi connectivity index (χ0n) is 15.5. The number of carbonyl (C=O) groups is 1. The zero-order valence-corrected chi connectivity index (χ0v) is 17.1. The molecule has 3 aromatic heterocycles. The molecule has 3 heterocycles. The molecule has 0 saturated heterocycles. The van der Waals surface area contributed by atoms with Gasteiger partial charge >= 0.3 is 0 Å². The lowest BCUT2D eigenvalue weighted by Gasteiger charge is -2.05. The molecule has 0 atom stereocenters. The number of amides is 1. The largest absolute Gasteiger partial charge is 0.353 e. The van der Waals surface area contributed by atoms with E-state index in [1.165, 1.54) is 11.3 Å². The number of hydrogen-bond donors (Lipinski definition) is 2. The van der Waals surface area contributed by atoms with Crippen LogP contribution in [0.2, 0.25) is 0 Å². The number of aromatic amines is 1. The van der Waals surface area contributed by atoms with Crippen molar-refractivity contribution in [3.05, 3.63) is 76.1 Å². The number of para-hydroxylation sites is 1. The Morgan fingerprint density at radius 3 is 2.72 bits per heavy atom. The van der Waals surface area contributed by atoms with Crippen LogP contribution in [-0.4, -0.2) is 20.9 Å². The molecule has 29 heavy (non-hydrogen) atoms. The Balaban J connectivity index is 1.36. The highest BCUT2D eigenvalue weighted by Crippen LogP contribution is 2.28. The van der Waals surface area contributed by atoms with Crippen molar-refractivity contribution in [2.45, 2.75) is 6.92 Å². The van der Waals surface area contributed by atoms with Gasteiger partial charge in [0.2, 0.25) is 0 Å². The highest BCUT2D eigenvalue weighted by atomic mass is 32.1. The fourth-order valence-corrected chi connectivity index (χ4v) is 4.53. The number of nitrogens with zero attached hydrogens (tertiary/aromatic N) is 2. The van der Waals surface area contributed by atoms with Gasteiger partial charge in [0, 0.05) is 32.9 Å². The number of fused-ring (bicyclic) bond motifs is 1. The maximum absolute atomic E-state index is 12.7. The van der Waals surface area contributed by atoms with Crippen molar-refractivity contribution in [1.82, 2.24) is 15.0 Å². The van der Waals surface area contributed by atoms with Gasteiger partial charge in [-0.25, -0.2) is 9.97 Å². The van der Waals surface area contributed by atoms with Gasteiger partial charge in [-0.05, 0) is 31.2 Å². The third kappa shape index (κ3) is 3.57. The molecule has 5 nitrogen and oxygen atoms in total. The van der Waals surface area contributed by atoms with E-state index in [9.17, 15) is 4.79 Å². The molecule has 5 rings (SSSR count). The fourth-order valence-electron chi connectivity index (χ4n) is 3.14. The Hall–Kier alpha value is -3.29. The van der Waals surface area contributed by atoms with Crippen molar-refractivity contribution in [1.29, 1.82) is 0 Å². The highest BCUT2D eigenvalue weighted by Gasteiger charge is 2.14. The van der Waals surface area contributed by atoms with Gasteiger partial charge in [-0.2, -0.15) is 0 Å². The van der Waals surface area contributed by atoms with E-state index in [0.29, 0.717) is 5.69 Å². The first-order chi connectivity index (χ1) is 14.2. The third-order valence-electron chi connectivity index (χ3n) is 4.53. The van der Waals surface area contributed by atoms with Crippen LogP contribution in [0.5, 0.6) is 0 Å². The molecule has 0 fully saturated rings. The van der Waals surface area contributed by atoms with Gasteiger partial charge in [0.15, 0.2) is 0 Å². The van der Waals surface area contributed by atoms with Crippen molar-refractivity contribution >= 4 is 45.2 Å². The number of aryl methyl sites for hydroxylation is 1. The summed E-state index contributed by atoms with van der Waals surface area (Å²) in [6.45, 7) is 1.98. The van der Waals surface area contributed by atoms with Gasteiger partial charge in [-0.1, -0.05) is 30.3 Å². The Morgan fingerprint density at radius 1 is 1.00 bits per heavy atom. The van der Waals surface area contributed by atoms with E-state index in [1.807, 2.05) is 60.8 Å². The van der Waals surface area contributed by atoms with Gasteiger partial charge in [-0.3, -0.25) is 4.79 Å². The maximum Gasteiger partial charge on any atom is 0.275 e. The minimum atomic E-state index is -0.227. The van der Waals surface area contributed by atoms with E-state index in [4.69, 9.17) is 0 Å². The molecular weight excluding hydrogens is 400 g/mol. The number of rotatable bonds is 4. The van der Waals surface area contributed by atoms with Gasteiger partial charge in [0.1, 0.15) is 10.7 Å². The van der Waals surface area contributed by atoms with Crippen LogP contribution in [0.4, 0.5) is 5.69 Å². The molecule has 7 heteroatoms. The quantitative estimate of drug-likeness (QED) is 0.379. The maximum atomic E-state index is 12.7. The van der Waals surface area contributed by atoms with Gasteiger partial charge < -0.3 is 10.3 Å². The molecular formula is C22H16N4OS2. The Morgan fingerprint density at radius 2 is 1.90 bits per heavy atom. The highest BCUT2D eigenvalue weighted by molar-refractivity contribution is 7.13. The molecule has 0 aliphatic rings. The first kappa shape index (κ1) is 17.8. The topological polar surface area (TPSA) is 70.7 Å². The molecule has 0 unspecified atom stereocenters. The molecule has 142 valence electrons. The first-order valence-electron chi connectivity index (χ1n) is 9.03. The minimum absolute atomic E-state index is 0.227. The average Bonchev–Trinajstić information content (AvgIpc) is 3.47. The Labute approximate surface area is 175 Å². The molecule has 2 aromatic carbocycles. The summed E-state index contributed by atoms with van der Waals surface area (Å²) in [4.78, 5) is 25.1. The second-order valence-electron chi connectivity index (χ2n) is 6.59. The number of H-pyrrole nitrogens is 1. The molecule has 5 aromatic rings. The molecule has 0 aliphatic heterocycles. The summed E-state index contributed by atoms with van der Waals surface area (Å²) >= 11 is 3.06. The Kier molecular flexibility index (Phi) is 4.46. The van der Waals surface area contributed by atoms with Crippen molar-refractivity contribution in [2.75, 3.05) is 5.32 Å². The summed E-state index contributed by atoms with van der Waals surface area (Å²) in [6, 6.07) is 17.8. The van der Waals surface area contributed by atoms with Crippen LogP contribution in [-0.2, 0) is 0 Å². The average molecular weight is 417 g/mol. The second-order valence-corrected chi connectivity index (χ2v) is 8.52. The lowest BCUT2D eigenvalue weighted by Crippen LogP contribution is -2.12. The second kappa shape index (κ2) is 7.27. The van der Waals surface area contributed by atoms with E-state index in [-0.39, 0.29) is 5.91 Å². The van der Waals surface area contributed by atoms with Crippen molar-refractivity contribution in [3.63, 3.8) is 0 Å². The van der Waals surface area contributed by atoms with Crippen molar-refractivity contribution in [3.8, 4) is 22.0 Å². The predicted octanol–water partition coefficient (Wildman–Crippen LogP) is 5.98. The monoisotopic (exact) mass is 416 g/mol. The number of anilines is 1. The van der Waals surface area contributed by atoms with Crippen LogP contribution in [0.1, 0.15) is 15.5 Å². The van der Waals surface area contributed by atoms with Crippen LogP contribution < -0.4 is 5.32 Å². The fraction of sp³-hybridized carbons (Fsp3) is 0.0455. The summed E-state index contributed by atoms with van der Waals surface area (Å²) in [5.74, 6) is -0.227. The number of nitrogens with one attached hydrogen (secondary N) is 2. The van der Waals surface area contributed by atoms with Crippen molar-refractivity contribution < 1.29 is 4.79 Å². The van der Waals surface area contributed by atoms with Crippen LogP contribution in [0, 0.1) is 6.92 Å². The van der Waals surface area contributed by atoms with Crippen molar-refractivity contribution in [2.24, 2.45) is 0 Å². The van der Waals surface area contributed by atoms with E-state index in [0.717, 1.165) is 43.6 Å². The van der Waals surface area contributed by atoms with Gasteiger partial charge in [0.05, 0.1) is 16.4 Å². The third-order valence-corrected chi connectivity index (χ3v) is 6.18. The standard InChI is InChI=1S/C22H16N4OS2/c1-13-23-19(11-28-13)14-6-4-7-16(9-14)24-21(27)20-12-29-22(26-20)18-10-15-5-2-3-8-17(15)25-18/h2-12,25H,1H3,(H,24,27). The molecule has 0 aliphatic carbocycles. The molecule has 2 N–H and O–H groups in total. The predicted molar refractivity (Wildman–Crippen MR) is 120 cm³/mol. The van der Waals surface area contributed by atoms with Crippen LogP contribution in [0.3, 0.4) is 0 Å². The van der Waals surface area contributed by atoms with Gasteiger partial charge in [0.25, 0.3) is 5.91 Å². The smallest absolute Gasteiger partial charge is 0.275 e. The number of thiazole rings is 2. The number of carbonyl (C=O) groups excluding carboxylic acids is 1.